The highest BCUT2D eigenvalue weighted by Gasteiger charge is 2.22. The first-order valence-corrected chi connectivity index (χ1v) is 7.40. The van der Waals surface area contributed by atoms with Gasteiger partial charge < -0.3 is 14.8 Å². The Balaban J connectivity index is 2.06. The van der Waals surface area contributed by atoms with E-state index in [2.05, 4.69) is 15.0 Å². The third kappa shape index (κ3) is 4.64. The summed E-state index contributed by atoms with van der Waals surface area (Å²) in [6.07, 6.45) is 1.07. The van der Waals surface area contributed by atoms with E-state index in [1.54, 1.807) is 6.07 Å². The Morgan fingerprint density at radius 1 is 1.52 bits per heavy atom. The van der Waals surface area contributed by atoms with Crippen LogP contribution in [0.1, 0.15) is 12.0 Å². The molecular weight excluding hydrogens is 302 g/mol. The number of hydrogen-bond donors (Lipinski definition) is 1. The van der Waals surface area contributed by atoms with E-state index in [1.807, 2.05) is 7.05 Å². The molecule has 2 rings (SSSR count). The van der Waals surface area contributed by atoms with Crippen molar-refractivity contribution in [2.24, 2.45) is 0 Å². The number of esters is 1. The molecule has 1 N–H and O–H groups in total. The van der Waals surface area contributed by atoms with Crippen LogP contribution in [-0.2, 0) is 16.1 Å². The van der Waals surface area contributed by atoms with Crippen LogP contribution in [0.4, 0.5) is 5.69 Å². The summed E-state index contributed by atoms with van der Waals surface area (Å²) in [5.41, 5.74) is 0.703. The van der Waals surface area contributed by atoms with Crippen molar-refractivity contribution in [1.82, 2.24) is 10.2 Å². The quantitative estimate of drug-likeness (QED) is 0.453. The number of carbonyl (C=O) groups excluding carboxylic acids is 1. The fourth-order valence-corrected chi connectivity index (χ4v) is 2.59. The monoisotopic (exact) mass is 323 g/mol. The van der Waals surface area contributed by atoms with Crippen molar-refractivity contribution in [1.29, 1.82) is 0 Å². The van der Waals surface area contributed by atoms with Crippen LogP contribution in [-0.4, -0.2) is 55.7 Å². The van der Waals surface area contributed by atoms with Crippen molar-refractivity contribution in [2.75, 3.05) is 33.9 Å². The average molecular weight is 323 g/mol. The molecule has 0 spiro atoms. The highest BCUT2D eigenvalue weighted by molar-refractivity contribution is 5.71. The largest absolute Gasteiger partial charge is 0.475 e. The molecule has 0 bridgehead atoms. The van der Waals surface area contributed by atoms with Crippen molar-refractivity contribution < 1.29 is 19.2 Å². The van der Waals surface area contributed by atoms with Crippen LogP contribution in [0.15, 0.2) is 18.2 Å². The van der Waals surface area contributed by atoms with Crippen LogP contribution in [0.5, 0.6) is 5.75 Å². The number of nitrogens with zero attached hydrogens (tertiary/aromatic N) is 2. The van der Waals surface area contributed by atoms with Crippen LogP contribution >= 0.6 is 0 Å². The van der Waals surface area contributed by atoms with Gasteiger partial charge in [-0.1, -0.05) is 6.07 Å². The molecule has 0 radical (unpaired) electrons. The van der Waals surface area contributed by atoms with E-state index < -0.39 is 10.9 Å². The van der Waals surface area contributed by atoms with Gasteiger partial charge in [0.2, 0.25) is 0 Å². The number of likely N-dealkylation sites (N-methyl/N-ethyl adjacent to an activating group) is 1. The van der Waals surface area contributed by atoms with Crippen LogP contribution < -0.4 is 10.1 Å². The molecule has 1 aromatic carbocycles. The summed E-state index contributed by atoms with van der Waals surface area (Å²) in [5, 5.41) is 14.4. The van der Waals surface area contributed by atoms with E-state index in [0.29, 0.717) is 12.6 Å². The van der Waals surface area contributed by atoms with Gasteiger partial charge in [0.15, 0.2) is 12.4 Å². The second-order valence-electron chi connectivity index (χ2n) is 5.43. The van der Waals surface area contributed by atoms with Crippen molar-refractivity contribution in [3.8, 4) is 5.75 Å². The summed E-state index contributed by atoms with van der Waals surface area (Å²) in [5.74, 6) is -0.516. The van der Waals surface area contributed by atoms with Gasteiger partial charge in [0.25, 0.3) is 0 Å². The number of ether oxygens (including phenoxy) is 2. The lowest BCUT2D eigenvalue weighted by Crippen LogP contribution is -2.29. The van der Waals surface area contributed by atoms with Gasteiger partial charge in [-0.25, -0.2) is 4.79 Å². The molecule has 126 valence electrons. The predicted octanol–water partition coefficient (Wildman–Crippen LogP) is 0.940. The van der Waals surface area contributed by atoms with Crippen molar-refractivity contribution in [2.45, 2.75) is 19.0 Å². The number of hydrogen-bond acceptors (Lipinski definition) is 7. The first kappa shape index (κ1) is 17.2. The Labute approximate surface area is 134 Å². The zero-order valence-corrected chi connectivity index (χ0v) is 13.3. The molecular formula is C15H21N3O5. The second kappa shape index (κ2) is 7.89. The predicted molar refractivity (Wildman–Crippen MR) is 83.3 cm³/mol. The zero-order chi connectivity index (χ0) is 16.8. The van der Waals surface area contributed by atoms with Gasteiger partial charge in [-0.15, -0.1) is 0 Å². The van der Waals surface area contributed by atoms with Gasteiger partial charge in [0, 0.05) is 31.7 Å². The standard InChI is InChI=1S/C15H21N3O5/c1-16-12-5-6-17(9-12)8-11-3-4-14(13(7-11)18(20)21)23-10-15(19)22-2/h3-4,7,12,16H,5-6,8-10H2,1-2H3. The summed E-state index contributed by atoms with van der Waals surface area (Å²) in [4.78, 5) is 24.0. The van der Waals surface area contributed by atoms with Gasteiger partial charge >= 0.3 is 11.7 Å². The molecule has 1 saturated heterocycles. The normalized spacial score (nSPS) is 17.9. The summed E-state index contributed by atoms with van der Waals surface area (Å²) in [6.45, 7) is 2.17. The molecule has 1 aliphatic heterocycles. The van der Waals surface area contributed by atoms with Crippen molar-refractivity contribution >= 4 is 11.7 Å². The second-order valence-corrected chi connectivity index (χ2v) is 5.43. The fourth-order valence-electron chi connectivity index (χ4n) is 2.59. The molecule has 1 aromatic rings. The molecule has 1 heterocycles. The van der Waals surface area contributed by atoms with Crippen LogP contribution in [0.3, 0.4) is 0 Å². The molecule has 8 nitrogen and oxygen atoms in total. The Bertz CT molecular complexity index is 578. The van der Waals surface area contributed by atoms with E-state index in [-0.39, 0.29) is 18.0 Å². The maximum absolute atomic E-state index is 11.2. The van der Waals surface area contributed by atoms with Gasteiger partial charge in [0.05, 0.1) is 12.0 Å². The number of nitro groups is 1. The van der Waals surface area contributed by atoms with Crippen molar-refractivity contribution in [3.05, 3.63) is 33.9 Å². The smallest absolute Gasteiger partial charge is 0.343 e. The van der Waals surface area contributed by atoms with Crippen LogP contribution in [0.2, 0.25) is 0 Å². The number of methoxy groups -OCH3 is 1. The number of nitrogens with one attached hydrogen (secondary N) is 1. The summed E-state index contributed by atoms with van der Waals surface area (Å²) in [7, 11) is 3.17. The molecule has 1 aliphatic rings. The zero-order valence-electron chi connectivity index (χ0n) is 13.3. The Kier molecular flexibility index (Phi) is 5.89. The Morgan fingerprint density at radius 2 is 2.30 bits per heavy atom. The van der Waals surface area contributed by atoms with Gasteiger partial charge in [-0.05, 0) is 25.1 Å². The summed E-state index contributed by atoms with van der Waals surface area (Å²) >= 11 is 0. The van der Waals surface area contributed by atoms with E-state index in [0.717, 1.165) is 25.1 Å². The minimum atomic E-state index is -0.585. The van der Waals surface area contributed by atoms with Crippen LogP contribution in [0.25, 0.3) is 0 Å². The first-order chi connectivity index (χ1) is 11.0. The molecule has 1 unspecified atom stereocenters. The molecule has 0 saturated carbocycles. The lowest BCUT2D eigenvalue weighted by Gasteiger charge is -2.16. The number of nitro benzene ring substituents is 1. The maximum Gasteiger partial charge on any atom is 0.343 e. The summed E-state index contributed by atoms with van der Waals surface area (Å²) in [6, 6.07) is 5.28. The molecule has 0 aromatic heterocycles. The van der Waals surface area contributed by atoms with E-state index in [9.17, 15) is 14.9 Å². The molecule has 8 heteroatoms. The SMILES string of the molecule is CNC1CCN(Cc2ccc(OCC(=O)OC)c([N+](=O)[O-])c2)C1. The number of carbonyl (C=O) groups is 1. The van der Waals surface area contributed by atoms with E-state index in [4.69, 9.17) is 4.74 Å². The number of likely N-dealkylation sites (tertiary alicyclic amines) is 1. The molecule has 23 heavy (non-hydrogen) atoms. The average Bonchev–Trinajstić information content (AvgIpc) is 3.00. The maximum atomic E-state index is 11.2. The lowest BCUT2D eigenvalue weighted by molar-refractivity contribution is -0.385. The first-order valence-electron chi connectivity index (χ1n) is 7.40. The molecule has 1 fully saturated rings. The van der Waals surface area contributed by atoms with Crippen LogP contribution in [0, 0.1) is 10.1 Å². The molecule has 1 atom stereocenters. The lowest BCUT2D eigenvalue weighted by atomic mass is 10.1. The minimum Gasteiger partial charge on any atom is -0.475 e. The van der Waals surface area contributed by atoms with E-state index >= 15 is 0 Å². The van der Waals surface area contributed by atoms with Crippen molar-refractivity contribution in [3.63, 3.8) is 0 Å². The molecule has 0 aliphatic carbocycles. The molecule has 0 amide bonds. The fraction of sp³-hybridized carbons (Fsp3) is 0.533. The van der Waals surface area contributed by atoms with Gasteiger partial charge in [-0.3, -0.25) is 15.0 Å². The highest BCUT2D eigenvalue weighted by atomic mass is 16.6. The number of benzene rings is 1. The topological polar surface area (TPSA) is 93.9 Å². The van der Waals surface area contributed by atoms with Gasteiger partial charge in [-0.2, -0.15) is 0 Å². The van der Waals surface area contributed by atoms with E-state index in [1.165, 1.54) is 19.2 Å². The highest BCUT2D eigenvalue weighted by Crippen LogP contribution is 2.29. The van der Waals surface area contributed by atoms with Gasteiger partial charge in [0.1, 0.15) is 0 Å². The number of rotatable bonds is 7. The summed E-state index contributed by atoms with van der Waals surface area (Å²) < 4.78 is 9.63. The Morgan fingerprint density at radius 3 is 2.91 bits per heavy atom. The third-order valence-corrected chi connectivity index (χ3v) is 3.88. The Hall–Kier alpha value is -2.19. The third-order valence-electron chi connectivity index (χ3n) is 3.88. The minimum absolute atomic E-state index is 0.0682.